The molecule has 0 fully saturated rings. The number of rotatable bonds is 2. The summed E-state index contributed by atoms with van der Waals surface area (Å²) < 4.78 is 2.75. The number of nitrogens with zero attached hydrogens (tertiary/aromatic N) is 4. The van der Waals surface area contributed by atoms with E-state index in [1.807, 2.05) is 55.5 Å². The number of fused-ring (bicyclic) bond motifs is 3. The number of hydrogen-bond acceptors (Lipinski definition) is 5. The molecule has 120 valence electrons. The van der Waals surface area contributed by atoms with Gasteiger partial charge < -0.3 is 0 Å². The lowest BCUT2D eigenvalue weighted by Gasteiger charge is -2.27. The smallest absolute Gasteiger partial charge is 0.263 e. The number of para-hydroxylation sites is 2. The number of azo groups is 1. The molecule has 4 rings (SSSR count). The van der Waals surface area contributed by atoms with Gasteiger partial charge in [-0.1, -0.05) is 30.0 Å². The fourth-order valence-corrected chi connectivity index (χ4v) is 4.17. The zero-order chi connectivity index (χ0) is 16.7. The van der Waals surface area contributed by atoms with E-state index in [9.17, 15) is 4.79 Å². The molecule has 1 aromatic heterocycles. The molecule has 7 heteroatoms. The lowest BCUT2D eigenvalue weighted by molar-refractivity contribution is 0.0816. The highest BCUT2D eigenvalue weighted by Gasteiger charge is 2.41. The number of carbonyl (C=O) groups is 1. The van der Waals surface area contributed by atoms with Gasteiger partial charge in [0.1, 0.15) is 0 Å². The first-order chi connectivity index (χ1) is 11.6. The second-order valence-corrected chi connectivity index (χ2v) is 7.95. The summed E-state index contributed by atoms with van der Waals surface area (Å²) in [6.45, 7) is 1.83. The van der Waals surface area contributed by atoms with Gasteiger partial charge in [-0.05, 0) is 59.8 Å². The summed E-state index contributed by atoms with van der Waals surface area (Å²) in [5.74, 6) is 0.446. The molecular weight excluding hydrogens is 435 g/mol. The molecule has 0 spiro atoms. The van der Waals surface area contributed by atoms with Gasteiger partial charge in [-0.2, -0.15) is 10.2 Å². The number of hydrogen-bond donors (Lipinski definition) is 0. The molecule has 2 heterocycles. The maximum atomic E-state index is 13.1. The average Bonchev–Trinajstić information content (AvgIpc) is 2.96. The van der Waals surface area contributed by atoms with Crippen LogP contribution in [0.4, 0.5) is 5.69 Å². The third-order valence-corrected chi connectivity index (χ3v) is 5.78. The minimum Gasteiger partial charge on any atom is -0.271 e. The highest BCUT2D eigenvalue weighted by molar-refractivity contribution is 14.1. The van der Waals surface area contributed by atoms with Crippen molar-refractivity contribution in [2.45, 2.75) is 17.6 Å². The lowest BCUT2D eigenvalue weighted by atomic mass is 10.1. The summed E-state index contributed by atoms with van der Waals surface area (Å²) >= 11 is 3.77. The molecular formula is C17H13IN4OS. The topological polar surface area (TPSA) is 59.6 Å². The van der Waals surface area contributed by atoms with Gasteiger partial charge in [-0.25, -0.2) is 4.98 Å². The Bertz CT molecular complexity index is 984. The largest absolute Gasteiger partial charge is 0.271 e. The molecule has 0 saturated carbocycles. The Kier molecular flexibility index (Phi) is 3.92. The van der Waals surface area contributed by atoms with Crippen LogP contribution in [-0.2, 0) is 0 Å². The van der Waals surface area contributed by atoms with Crippen molar-refractivity contribution in [1.29, 1.82) is 0 Å². The van der Waals surface area contributed by atoms with Gasteiger partial charge in [0, 0.05) is 9.32 Å². The van der Waals surface area contributed by atoms with Crippen LogP contribution in [0.2, 0.25) is 0 Å². The Morgan fingerprint density at radius 2 is 2.08 bits per heavy atom. The van der Waals surface area contributed by atoms with Crippen LogP contribution in [0.3, 0.4) is 0 Å². The normalized spacial score (nSPS) is 20.7. The Labute approximate surface area is 156 Å². The molecule has 1 aliphatic rings. The molecule has 2 aromatic carbocycles. The average molecular weight is 448 g/mol. The summed E-state index contributed by atoms with van der Waals surface area (Å²) in [4.78, 5) is 17.6. The predicted octanol–water partition coefficient (Wildman–Crippen LogP) is 4.93. The molecule has 0 saturated heterocycles. The van der Waals surface area contributed by atoms with Gasteiger partial charge in [0.25, 0.3) is 5.91 Å². The van der Waals surface area contributed by atoms with E-state index >= 15 is 0 Å². The molecule has 0 bridgehead atoms. The molecule has 24 heavy (non-hydrogen) atoms. The number of thioether (sulfide) groups is 1. The summed E-state index contributed by atoms with van der Waals surface area (Å²) in [6.07, 6.45) is 0. The Balaban J connectivity index is 1.73. The minimum atomic E-state index is -0.900. The van der Waals surface area contributed by atoms with Gasteiger partial charge in [0.15, 0.2) is 10.7 Å². The first-order valence-electron chi connectivity index (χ1n) is 7.40. The van der Waals surface area contributed by atoms with Gasteiger partial charge >= 0.3 is 0 Å². The van der Waals surface area contributed by atoms with Crippen LogP contribution in [0.15, 0.2) is 63.9 Å². The van der Waals surface area contributed by atoms with Crippen molar-refractivity contribution in [2.75, 3.05) is 5.75 Å². The summed E-state index contributed by atoms with van der Waals surface area (Å²) in [7, 11) is 0. The first-order valence-corrected chi connectivity index (χ1v) is 9.47. The maximum Gasteiger partial charge on any atom is 0.263 e. The molecule has 1 aliphatic heterocycles. The van der Waals surface area contributed by atoms with Crippen molar-refractivity contribution in [3.63, 3.8) is 0 Å². The monoisotopic (exact) mass is 448 g/mol. The predicted molar refractivity (Wildman–Crippen MR) is 103 cm³/mol. The van der Waals surface area contributed by atoms with Crippen LogP contribution < -0.4 is 0 Å². The van der Waals surface area contributed by atoms with E-state index in [0.717, 1.165) is 25.4 Å². The van der Waals surface area contributed by atoms with E-state index in [4.69, 9.17) is 0 Å². The Hall–Kier alpha value is -1.74. The second-order valence-electron chi connectivity index (χ2n) is 5.77. The van der Waals surface area contributed by atoms with E-state index in [1.165, 1.54) is 11.8 Å². The molecule has 3 aromatic rings. The van der Waals surface area contributed by atoms with Crippen LogP contribution in [0.5, 0.6) is 0 Å². The van der Waals surface area contributed by atoms with Crippen LogP contribution in [0, 0.1) is 3.57 Å². The fourth-order valence-electron chi connectivity index (χ4n) is 2.58. The molecule has 0 amide bonds. The molecule has 1 atom stereocenters. The zero-order valence-corrected chi connectivity index (χ0v) is 15.8. The van der Waals surface area contributed by atoms with Crippen LogP contribution in [0.1, 0.15) is 11.7 Å². The first kappa shape index (κ1) is 15.8. The Morgan fingerprint density at radius 3 is 2.92 bits per heavy atom. The number of carbonyl (C=O) groups excluding carboxylic acids is 1. The van der Waals surface area contributed by atoms with E-state index in [0.29, 0.717) is 5.75 Å². The van der Waals surface area contributed by atoms with Gasteiger partial charge in [0.2, 0.25) is 0 Å². The third kappa shape index (κ3) is 2.65. The van der Waals surface area contributed by atoms with Crippen molar-refractivity contribution in [2.24, 2.45) is 10.2 Å². The second kappa shape index (κ2) is 5.96. The van der Waals surface area contributed by atoms with E-state index in [2.05, 4.69) is 37.8 Å². The third-order valence-electron chi connectivity index (χ3n) is 3.87. The van der Waals surface area contributed by atoms with Crippen LogP contribution in [-0.4, -0.2) is 26.8 Å². The van der Waals surface area contributed by atoms with Gasteiger partial charge in [0.05, 0.1) is 16.7 Å². The number of benzene rings is 2. The van der Waals surface area contributed by atoms with Crippen molar-refractivity contribution in [3.05, 3.63) is 52.1 Å². The van der Waals surface area contributed by atoms with Crippen molar-refractivity contribution >= 4 is 57.0 Å². The van der Waals surface area contributed by atoms with E-state index in [-0.39, 0.29) is 5.91 Å². The summed E-state index contributed by atoms with van der Waals surface area (Å²) in [5.41, 5.74) is 1.50. The molecule has 0 N–H and O–H groups in total. The van der Waals surface area contributed by atoms with Gasteiger partial charge in [-0.3, -0.25) is 9.36 Å². The number of imidazole rings is 1. The Morgan fingerprint density at radius 1 is 1.25 bits per heavy atom. The van der Waals surface area contributed by atoms with Gasteiger partial charge in [-0.15, -0.1) is 0 Å². The minimum absolute atomic E-state index is 0.0840. The van der Waals surface area contributed by atoms with E-state index < -0.39 is 5.54 Å². The summed E-state index contributed by atoms with van der Waals surface area (Å²) in [6, 6.07) is 15.4. The molecule has 5 nitrogen and oxygen atoms in total. The highest BCUT2D eigenvalue weighted by atomic mass is 127. The van der Waals surface area contributed by atoms with E-state index in [1.54, 1.807) is 4.57 Å². The standard InChI is InChI=1S/C17H13IN4OS/c1-17(21-20-12-6-4-5-11(18)9-12)10-24-16-19-13-7-2-3-8-14(13)22(16)15(17)23/h2-9H,10H2,1H3. The van der Waals surface area contributed by atoms with Crippen molar-refractivity contribution in [3.8, 4) is 0 Å². The molecule has 0 radical (unpaired) electrons. The van der Waals surface area contributed by atoms with Crippen molar-refractivity contribution < 1.29 is 4.79 Å². The fraction of sp³-hybridized carbons (Fsp3) is 0.176. The number of aromatic nitrogens is 2. The van der Waals surface area contributed by atoms with Crippen LogP contribution in [0.25, 0.3) is 11.0 Å². The summed E-state index contributed by atoms with van der Waals surface area (Å²) in [5, 5.41) is 9.42. The lowest BCUT2D eigenvalue weighted by Crippen LogP contribution is -2.42. The number of halogens is 1. The molecule has 1 unspecified atom stereocenters. The SMILES string of the molecule is CC1(N=Nc2cccc(I)c2)CSc2nc3ccccc3n2C1=O. The van der Waals surface area contributed by atoms with Crippen LogP contribution >= 0.6 is 34.4 Å². The highest BCUT2D eigenvalue weighted by Crippen LogP contribution is 2.36. The maximum absolute atomic E-state index is 13.1. The molecule has 0 aliphatic carbocycles. The van der Waals surface area contributed by atoms with Crippen molar-refractivity contribution in [1.82, 2.24) is 9.55 Å². The quantitative estimate of drug-likeness (QED) is 0.413. The zero-order valence-electron chi connectivity index (χ0n) is 12.8.